The number of hydrogen-bond acceptors (Lipinski definition) is 4. The van der Waals surface area contributed by atoms with E-state index in [0.29, 0.717) is 45.4 Å². The SMILES string of the molecule is CCCS(=O)(=O)N(CC(=O)N(Cc1ccccc1)C1CCN(C(=O)[C@H](C)Cl)CC1)CC(C)C. The van der Waals surface area contributed by atoms with Crippen molar-refractivity contribution < 1.29 is 18.0 Å². The van der Waals surface area contributed by atoms with Gasteiger partial charge in [-0.1, -0.05) is 51.1 Å². The standard InChI is InChI=1S/C24H38ClN3O4S/c1-5-15-33(31,32)27(16-19(2)3)18-23(29)28(17-21-9-7-6-8-10-21)22-11-13-26(14-12-22)24(30)20(4)25/h6-10,19-20,22H,5,11-18H2,1-4H3/t20-/m0/s1. The molecule has 1 aromatic rings. The summed E-state index contributed by atoms with van der Waals surface area (Å²) in [4.78, 5) is 29.3. The second-order valence-corrected chi connectivity index (χ2v) is 11.9. The summed E-state index contributed by atoms with van der Waals surface area (Å²) in [5.41, 5.74) is 0.991. The average molecular weight is 500 g/mol. The van der Waals surface area contributed by atoms with Crippen LogP contribution in [0.1, 0.15) is 52.5 Å². The maximum atomic E-state index is 13.5. The van der Waals surface area contributed by atoms with Gasteiger partial charge >= 0.3 is 0 Å². The number of piperidine rings is 1. The van der Waals surface area contributed by atoms with Crippen molar-refractivity contribution in [1.29, 1.82) is 0 Å². The number of amides is 2. The lowest BCUT2D eigenvalue weighted by molar-refractivity contribution is -0.137. The van der Waals surface area contributed by atoms with Crippen LogP contribution in [0.5, 0.6) is 0 Å². The van der Waals surface area contributed by atoms with Gasteiger partial charge in [0, 0.05) is 32.2 Å². The van der Waals surface area contributed by atoms with Gasteiger partial charge in [0.1, 0.15) is 5.38 Å². The Labute approximate surface area is 204 Å². The van der Waals surface area contributed by atoms with Crippen LogP contribution in [0.25, 0.3) is 0 Å². The van der Waals surface area contributed by atoms with Crippen molar-refractivity contribution in [1.82, 2.24) is 14.1 Å². The van der Waals surface area contributed by atoms with Crippen LogP contribution in [0.15, 0.2) is 30.3 Å². The predicted molar refractivity (Wildman–Crippen MR) is 132 cm³/mol. The Bertz CT molecular complexity index is 869. The first-order chi connectivity index (χ1) is 15.5. The molecule has 2 amide bonds. The Morgan fingerprint density at radius 1 is 1.12 bits per heavy atom. The minimum atomic E-state index is -3.51. The molecule has 0 aromatic heterocycles. The van der Waals surface area contributed by atoms with Crippen LogP contribution in [0.4, 0.5) is 0 Å². The lowest BCUT2D eigenvalue weighted by atomic mass is 10.0. The third kappa shape index (κ3) is 8.26. The number of halogens is 1. The molecule has 1 aliphatic heterocycles. The predicted octanol–water partition coefficient (Wildman–Crippen LogP) is 3.33. The number of sulfonamides is 1. The number of carbonyl (C=O) groups is 2. The van der Waals surface area contributed by atoms with Gasteiger partial charge in [0.2, 0.25) is 21.8 Å². The maximum Gasteiger partial charge on any atom is 0.240 e. The highest BCUT2D eigenvalue weighted by Crippen LogP contribution is 2.22. The molecule has 0 N–H and O–H groups in total. The normalized spacial score (nSPS) is 16.3. The molecule has 0 aliphatic carbocycles. The van der Waals surface area contributed by atoms with Gasteiger partial charge in [-0.2, -0.15) is 4.31 Å². The van der Waals surface area contributed by atoms with Crippen LogP contribution >= 0.6 is 11.6 Å². The van der Waals surface area contributed by atoms with Crippen molar-refractivity contribution in [3.63, 3.8) is 0 Å². The molecule has 1 aliphatic rings. The van der Waals surface area contributed by atoms with Gasteiger partial charge < -0.3 is 9.80 Å². The van der Waals surface area contributed by atoms with E-state index < -0.39 is 15.4 Å². The summed E-state index contributed by atoms with van der Waals surface area (Å²) in [6.45, 7) is 9.02. The summed E-state index contributed by atoms with van der Waals surface area (Å²) in [5.74, 6) is -0.152. The number of rotatable bonds is 11. The van der Waals surface area contributed by atoms with Gasteiger partial charge in [-0.25, -0.2) is 8.42 Å². The van der Waals surface area contributed by atoms with E-state index in [9.17, 15) is 18.0 Å². The number of benzene rings is 1. The molecule has 1 saturated heterocycles. The Kier molecular flexibility index (Phi) is 10.6. The molecule has 0 bridgehead atoms. The van der Waals surface area contributed by atoms with Crippen molar-refractivity contribution in [3.05, 3.63) is 35.9 Å². The van der Waals surface area contributed by atoms with E-state index in [0.717, 1.165) is 5.56 Å². The maximum absolute atomic E-state index is 13.5. The van der Waals surface area contributed by atoms with Gasteiger partial charge in [-0.05, 0) is 37.7 Å². The fraction of sp³-hybridized carbons (Fsp3) is 0.667. The molecule has 0 saturated carbocycles. The molecule has 33 heavy (non-hydrogen) atoms. The lowest BCUT2D eigenvalue weighted by Gasteiger charge is -2.39. The van der Waals surface area contributed by atoms with E-state index in [-0.39, 0.29) is 36.1 Å². The Morgan fingerprint density at radius 3 is 2.24 bits per heavy atom. The first kappa shape index (κ1) is 27.6. The van der Waals surface area contributed by atoms with Gasteiger partial charge in [-0.3, -0.25) is 9.59 Å². The summed E-state index contributed by atoms with van der Waals surface area (Å²) >= 11 is 5.97. The second kappa shape index (κ2) is 12.7. The third-order valence-corrected chi connectivity index (χ3v) is 7.98. The minimum absolute atomic E-state index is 0.0306. The minimum Gasteiger partial charge on any atom is -0.341 e. The van der Waals surface area contributed by atoms with E-state index in [1.165, 1.54) is 4.31 Å². The summed E-state index contributed by atoms with van der Waals surface area (Å²) < 4.78 is 27.0. The zero-order valence-electron chi connectivity index (χ0n) is 20.2. The molecule has 0 unspecified atom stereocenters. The van der Waals surface area contributed by atoms with Crippen LogP contribution in [0.3, 0.4) is 0 Å². The van der Waals surface area contributed by atoms with Crippen LogP contribution in [-0.4, -0.2) is 77.7 Å². The first-order valence-corrected chi connectivity index (χ1v) is 13.8. The number of likely N-dealkylation sites (tertiary alicyclic amines) is 1. The summed E-state index contributed by atoms with van der Waals surface area (Å²) in [7, 11) is -3.51. The smallest absolute Gasteiger partial charge is 0.240 e. The van der Waals surface area contributed by atoms with Crippen molar-refractivity contribution in [3.8, 4) is 0 Å². The Balaban J connectivity index is 2.22. The molecule has 1 aromatic carbocycles. The second-order valence-electron chi connectivity index (χ2n) is 9.18. The van der Waals surface area contributed by atoms with Gasteiger partial charge in [-0.15, -0.1) is 11.6 Å². The molecule has 7 nitrogen and oxygen atoms in total. The van der Waals surface area contributed by atoms with E-state index >= 15 is 0 Å². The third-order valence-electron chi connectivity index (χ3n) is 5.81. The van der Waals surface area contributed by atoms with Gasteiger partial charge in [0.15, 0.2) is 0 Å². The van der Waals surface area contributed by atoms with Crippen LogP contribution in [0.2, 0.25) is 0 Å². The highest BCUT2D eigenvalue weighted by Gasteiger charge is 2.33. The van der Waals surface area contributed by atoms with E-state index in [2.05, 4.69) is 0 Å². The molecule has 0 spiro atoms. The topological polar surface area (TPSA) is 78.0 Å². The molecule has 186 valence electrons. The largest absolute Gasteiger partial charge is 0.341 e. The molecule has 1 heterocycles. The fourth-order valence-corrected chi connectivity index (χ4v) is 5.91. The van der Waals surface area contributed by atoms with Gasteiger partial charge in [0.25, 0.3) is 0 Å². The zero-order chi connectivity index (χ0) is 24.6. The molecular formula is C24H38ClN3O4S. The molecular weight excluding hydrogens is 462 g/mol. The summed E-state index contributed by atoms with van der Waals surface area (Å²) in [6, 6.07) is 9.65. The summed E-state index contributed by atoms with van der Waals surface area (Å²) in [5, 5.41) is -0.572. The number of alkyl halides is 1. The highest BCUT2D eigenvalue weighted by molar-refractivity contribution is 7.89. The zero-order valence-corrected chi connectivity index (χ0v) is 21.8. The van der Waals surface area contributed by atoms with Crippen molar-refractivity contribution in [2.75, 3.05) is 31.9 Å². The van der Waals surface area contributed by atoms with E-state index in [1.807, 2.05) is 51.1 Å². The van der Waals surface area contributed by atoms with Crippen LogP contribution in [0, 0.1) is 5.92 Å². The number of hydrogen-bond donors (Lipinski definition) is 0. The quantitative estimate of drug-likeness (QED) is 0.437. The van der Waals surface area contributed by atoms with E-state index in [4.69, 9.17) is 11.6 Å². The van der Waals surface area contributed by atoms with Crippen molar-refractivity contribution in [2.24, 2.45) is 5.92 Å². The molecule has 9 heteroatoms. The van der Waals surface area contributed by atoms with Gasteiger partial charge in [0.05, 0.1) is 12.3 Å². The molecule has 2 rings (SSSR count). The lowest BCUT2D eigenvalue weighted by Crippen LogP contribution is -2.52. The van der Waals surface area contributed by atoms with Crippen LogP contribution < -0.4 is 0 Å². The van der Waals surface area contributed by atoms with Crippen molar-refractivity contribution in [2.45, 2.75) is 64.9 Å². The fourth-order valence-electron chi connectivity index (χ4n) is 4.16. The Hall–Kier alpha value is -1.64. The average Bonchev–Trinajstić information content (AvgIpc) is 2.77. The molecule has 0 radical (unpaired) electrons. The molecule has 1 fully saturated rings. The number of nitrogens with zero attached hydrogens (tertiary/aromatic N) is 3. The highest BCUT2D eigenvalue weighted by atomic mass is 35.5. The molecule has 1 atom stereocenters. The summed E-state index contributed by atoms with van der Waals surface area (Å²) in [6.07, 6.45) is 1.78. The monoisotopic (exact) mass is 499 g/mol. The van der Waals surface area contributed by atoms with Crippen LogP contribution in [-0.2, 0) is 26.2 Å². The number of carbonyl (C=O) groups excluding carboxylic acids is 2. The Morgan fingerprint density at radius 2 is 1.73 bits per heavy atom. The first-order valence-electron chi connectivity index (χ1n) is 11.8. The van der Waals surface area contributed by atoms with Crippen molar-refractivity contribution >= 4 is 33.4 Å². The van der Waals surface area contributed by atoms with E-state index in [1.54, 1.807) is 16.7 Å².